The fourth-order valence-electron chi connectivity index (χ4n) is 8.15. The van der Waals surface area contributed by atoms with E-state index in [2.05, 4.69) is 158 Å². The summed E-state index contributed by atoms with van der Waals surface area (Å²) in [6.45, 7) is 0. The quantitative estimate of drug-likeness (QED) is 0.174. The summed E-state index contributed by atoms with van der Waals surface area (Å²) in [7, 11) is 1.70. The van der Waals surface area contributed by atoms with E-state index in [4.69, 9.17) is 4.74 Å². The molecule has 0 fully saturated rings. The van der Waals surface area contributed by atoms with Crippen molar-refractivity contribution in [2.45, 2.75) is 15.7 Å². The normalized spacial score (nSPS) is 12.7. The average molecular weight is 657 g/mol. The molecule has 9 aromatic rings. The molecule has 0 amide bonds. The van der Waals surface area contributed by atoms with Crippen molar-refractivity contribution in [1.82, 2.24) is 0 Å². The fraction of sp³-hybridized carbons (Fsp3) is 0.0417. The first kappa shape index (κ1) is 29.1. The van der Waals surface area contributed by atoms with Crippen molar-refractivity contribution >= 4 is 54.9 Å². The SMILES string of the molecule is COc1ccc(-c2ccc(-c3ccc(C4c5c(c6ccccc6c6ccccc56)Sc5c4c4ccccc4c4ccccc54)cc3)cc2)cc1. The Morgan fingerprint density at radius 3 is 1.08 bits per heavy atom. The van der Waals surface area contributed by atoms with E-state index in [9.17, 15) is 0 Å². The molecule has 2 heteroatoms. The molecule has 0 saturated carbocycles. The van der Waals surface area contributed by atoms with Gasteiger partial charge in [-0.05, 0) is 94.2 Å². The molecule has 0 saturated heterocycles. The van der Waals surface area contributed by atoms with Gasteiger partial charge >= 0.3 is 0 Å². The lowest BCUT2D eigenvalue weighted by Gasteiger charge is -2.33. The van der Waals surface area contributed by atoms with Gasteiger partial charge in [0, 0.05) is 15.7 Å². The van der Waals surface area contributed by atoms with Crippen LogP contribution in [0.5, 0.6) is 5.75 Å². The van der Waals surface area contributed by atoms with Crippen molar-refractivity contribution in [3.63, 3.8) is 0 Å². The summed E-state index contributed by atoms with van der Waals surface area (Å²) in [6.07, 6.45) is 0. The molecule has 0 spiro atoms. The molecular formula is C48H32OS. The maximum atomic E-state index is 5.35. The predicted octanol–water partition coefficient (Wildman–Crippen LogP) is 13.3. The molecule has 9 aromatic carbocycles. The summed E-state index contributed by atoms with van der Waals surface area (Å²) >= 11 is 1.96. The maximum absolute atomic E-state index is 5.35. The third kappa shape index (κ3) is 4.49. The standard InChI is InChI=1S/C48H32OS/c1-49-35-28-26-33(27-29-35)31-20-18-30(19-21-31)32-22-24-34(25-23-32)44-45-40-14-6-2-10-36(40)38-12-4-8-16-42(38)47(45)50-48-43-17-9-5-13-39(43)37-11-3-7-15-41(37)46(44)48/h2-29,44H,1H3. The van der Waals surface area contributed by atoms with Gasteiger partial charge in [-0.1, -0.05) is 169 Å². The van der Waals surface area contributed by atoms with Crippen molar-refractivity contribution in [3.05, 3.63) is 187 Å². The molecule has 236 valence electrons. The fourth-order valence-corrected chi connectivity index (χ4v) is 9.61. The third-order valence-electron chi connectivity index (χ3n) is 10.5. The molecule has 50 heavy (non-hydrogen) atoms. The largest absolute Gasteiger partial charge is 0.497 e. The molecule has 1 aliphatic rings. The molecule has 0 bridgehead atoms. The first-order valence-corrected chi connectivity index (χ1v) is 18.0. The highest BCUT2D eigenvalue weighted by atomic mass is 32.2. The Morgan fingerprint density at radius 1 is 0.360 bits per heavy atom. The second-order valence-corrected chi connectivity index (χ2v) is 14.2. The summed E-state index contributed by atoms with van der Waals surface area (Å²) in [5.74, 6) is 0.936. The Labute approximate surface area is 295 Å². The van der Waals surface area contributed by atoms with Crippen LogP contribution in [0.2, 0.25) is 0 Å². The molecule has 1 nitrogen and oxygen atoms in total. The van der Waals surface area contributed by atoms with Crippen LogP contribution < -0.4 is 4.74 Å². The average Bonchev–Trinajstić information content (AvgIpc) is 3.20. The molecular weight excluding hydrogens is 625 g/mol. The van der Waals surface area contributed by atoms with Crippen LogP contribution in [0.1, 0.15) is 22.6 Å². The summed E-state index contributed by atoms with van der Waals surface area (Å²) in [6, 6.07) is 62.5. The molecule has 0 aromatic heterocycles. The first-order valence-electron chi connectivity index (χ1n) is 17.2. The van der Waals surface area contributed by atoms with Gasteiger partial charge in [0.1, 0.15) is 5.75 Å². The van der Waals surface area contributed by atoms with Crippen LogP contribution >= 0.6 is 11.8 Å². The van der Waals surface area contributed by atoms with Gasteiger partial charge in [0.15, 0.2) is 0 Å². The minimum Gasteiger partial charge on any atom is -0.497 e. The highest BCUT2D eigenvalue weighted by Gasteiger charge is 2.34. The van der Waals surface area contributed by atoms with E-state index < -0.39 is 0 Å². The molecule has 0 atom stereocenters. The Kier molecular flexibility index (Phi) is 6.79. The summed E-state index contributed by atoms with van der Waals surface area (Å²) in [5, 5.41) is 10.6. The molecule has 0 radical (unpaired) electrons. The van der Waals surface area contributed by atoms with E-state index in [1.54, 1.807) is 7.11 Å². The summed E-state index contributed by atoms with van der Waals surface area (Å²) < 4.78 is 5.35. The lowest BCUT2D eigenvalue weighted by Crippen LogP contribution is -2.12. The van der Waals surface area contributed by atoms with Gasteiger partial charge in [-0.15, -0.1) is 0 Å². The lowest BCUT2D eigenvalue weighted by atomic mass is 9.78. The van der Waals surface area contributed by atoms with E-state index in [-0.39, 0.29) is 5.92 Å². The number of fused-ring (bicyclic) bond motifs is 12. The van der Waals surface area contributed by atoms with Gasteiger partial charge in [0.05, 0.1) is 7.11 Å². The number of benzene rings is 9. The van der Waals surface area contributed by atoms with E-state index in [1.165, 1.54) is 91.8 Å². The van der Waals surface area contributed by atoms with Gasteiger partial charge < -0.3 is 4.74 Å². The van der Waals surface area contributed by atoms with Crippen molar-refractivity contribution < 1.29 is 4.74 Å². The van der Waals surface area contributed by atoms with Crippen LogP contribution in [-0.2, 0) is 0 Å². The zero-order valence-corrected chi connectivity index (χ0v) is 28.4. The van der Waals surface area contributed by atoms with E-state index in [0.717, 1.165) is 5.75 Å². The van der Waals surface area contributed by atoms with Crippen molar-refractivity contribution in [2.75, 3.05) is 7.11 Å². The molecule has 0 unspecified atom stereocenters. The molecule has 10 rings (SSSR count). The van der Waals surface area contributed by atoms with Crippen LogP contribution in [0.3, 0.4) is 0 Å². The van der Waals surface area contributed by atoms with Crippen LogP contribution in [0.25, 0.3) is 65.3 Å². The summed E-state index contributed by atoms with van der Waals surface area (Å²) in [5.41, 5.74) is 8.93. The number of ether oxygens (including phenoxy) is 1. The lowest BCUT2D eigenvalue weighted by molar-refractivity contribution is 0.415. The van der Waals surface area contributed by atoms with Gasteiger partial charge in [0.25, 0.3) is 0 Å². The minimum atomic E-state index is 0.0664. The second kappa shape index (κ2) is 11.7. The topological polar surface area (TPSA) is 9.23 Å². The van der Waals surface area contributed by atoms with Crippen LogP contribution in [0.4, 0.5) is 0 Å². The highest BCUT2D eigenvalue weighted by Crippen LogP contribution is 2.57. The second-order valence-electron chi connectivity index (χ2n) is 13.1. The van der Waals surface area contributed by atoms with E-state index in [0.29, 0.717) is 0 Å². The number of hydrogen-bond acceptors (Lipinski definition) is 2. The minimum absolute atomic E-state index is 0.0664. The Bertz CT molecular complexity index is 2620. The van der Waals surface area contributed by atoms with E-state index in [1.807, 2.05) is 23.9 Å². The van der Waals surface area contributed by atoms with Gasteiger partial charge in [0.2, 0.25) is 0 Å². The molecule has 1 heterocycles. The van der Waals surface area contributed by atoms with Crippen molar-refractivity contribution in [1.29, 1.82) is 0 Å². The Hall–Kier alpha value is -5.83. The number of methoxy groups -OCH3 is 1. The molecule has 0 aliphatic carbocycles. The number of hydrogen-bond donors (Lipinski definition) is 0. The van der Waals surface area contributed by atoms with Gasteiger partial charge in [-0.25, -0.2) is 0 Å². The number of rotatable bonds is 4. The van der Waals surface area contributed by atoms with E-state index >= 15 is 0 Å². The zero-order chi connectivity index (χ0) is 33.2. The van der Waals surface area contributed by atoms with Gasteiger partial charge in [-0.2, -0.15) is 0 Å². The van der Waals surface area contributed by atoms with Crippen LogP contribution in [-0.4, -0.2) is 7.11 Å². The predicted molar refractivity (Wildman–Crippen MR) is 212 cm³/mol. The summed E-state index contributed by atoms with van der Waals surface area (Å²) in [4.78, 5) is 2.74. The highest BCUT2D eigenvalue weighted by molar-refractivity contribution is 8.00. The Balaban J connectivity index is 1.18. The monoisotopic (exact) mass is 656 g/mol. The third-order valence-corrected chi connectivity index (χ3v) is 11.8. The van der Waals surface area contributed by atoms with Crippen molar-refractivity contribution in [3.8, 4) is 28.0 Å². The van der Waals surface area contributed by atoms with Crippen molar-refractivity contribution in [2.24, 2.45) is 0 Å². The molecule has 1 aliphatic heterocycles. The zero-order valence-electron chi connectivity index (χ0n) is 27.6. The van der Waals surface area contributed by atoms with Crippen LogP contribution in [0.15, 0.2) is 180 Å². The van der Waals surface area contributed by atoms with Crippen LogP contribution in [0, 0.1) is 0 Å². The molecule has 0 N–H and O–H groups in total. The maximum Gasteiger partial charge on any atom is 0.118 e. The first-order chi connectivity index (χ1) is 24.8. The van der Waals surface area contributed by atoms with Gasteiger partial charge in [-0.3, -0.25) is 0 Å². The smallest absolute Gasteiger partial charge is 0.118 e. The Morgan fingerprint density at radius 2 is 0.680 bits per heavy atom.